The summed E-state index contributed by atoms with van der Waals surface area (Å²) in [5.41, 5.74) is 8.02. The van der Waals surface area contributed by atoms with Crippen LogP contribution in [0.5, 0.6) is 0 Å². The van der Waals surface area contributed by atoms with Gasteiger partial charge in [0.2, 0.25) is 0 Å². The molecule has 0 saturated carbocycles. The van der Waals surface area contributed by atoms with E-state index < -0.39 is 0 Å². The second-order valence-corrected chi connectivity index (χ2v) is 5.89. The van der Waals surface area contributed by atoms with Crippen molar-refractivity contribution in [2.45, 2.75) is 13.8 Å². The molecule has 23 heavy (non-hydrogen) atoms. The molecule has 0 bridgehead atoms. The van der Waals surface area contributed by atoms with Crippen molar-refractivity contribution in [1.82, 2.24) is 15.2 Å². The zero-order chi connectivity index (χ0) is 15.8. The molecule has 0 radical (unpaired) electrons. The molecule has 4 rings (SSSR count). The second kappa shape index (κ2) is 5.36. The third-order valence-corrected chi connectivity index (χ3v) is 4.17. The first-order valence-corrected chi connectivity index (χ1v) is 7.68. The van der Waals surface area contributed by atoms with Gasteiger partial charge >= 0.3 is 0 Å². The minimum absolute atomic E-state index is 1.02. The van der Waals surface area contributed by atoms with Crippen LogP contribution in [0.25, 0.3) is 33.3 Å². The number of benzene rings is 2. The largest absolute Gasteiger partial charge is 0.278 e. The standard InChI is InChI=1S/C20H17N3/c1-13-5-3-6-15(9-13)20-17(7-4-8-21-20)18-11-16-12-22-23-19(16)10-14(18)2/h3-12H,1-2H3,(H,22,23). The minimum atomic E-state index is 1.02. The lowest BCUT2D eigenvalue weighted by Crippen LogP contribution is -1.91. The van der Waals surface area contributed by atoms with Crippen molar-refractivity contribution >= 4 is 10.9 Å². The molecule has 2 aromatic carbocycles. The molecule has 0 amide bonds. The molecule has 0 atom stereocenters. The molecule has 0 saturated heterocycles. The molecule has 0 spiro atoms. The van der Waals surface area contributed by atoms with Crippen LogP contribution in [0.1, 0.15) is 11.1 Å². The van der Waals surface area contributed by atoms with Crippen molar-refractivity contribution in [2.24, 2.45) is 0 Å². The summed E-state index contributed by atoms with van der Waals surface area (Å²) in [6.45, 7) is 4.23. The lowest BCUT2D eigenvalue weighted by atomic mass is 9.94. The van der Waals surface area contributed by atoms with E-state index in [1.807, 2.05) is 18.5 Å². The van der Waals surface area contributed by atoms with Crippen molar-refractivity contribution in [3.05, 3.63) is 72.1 Å². The third-order valence-electron chi connectivity index (χ3n) is 4.17. The monoisotopic (exact) mass is 299 g/mol. The van der Waals surface area contributed by atoms with E-state index in [1.54, 1.807) is 0 Å². The SMILES string of the molecule is Cc1cccc(-c2ncccc2-c2cc3cn[nH]c3cc2C)c1. The molecule has 0 aliphatic carbocycles. The Labute approximate surface area is 135 Å². The number of fused-ring (bicyclic) bond motifs is 1. The van der Waals surface area contributed by atoms with E-state index in [9.17, 15) is 0 Å². The molecule has 0 unspecified atom stereocenters. The van der Waals surface area contributed by atoms with Gasteiger partial charge in [0.25, 0.3) is 0 Å². The maximum Gasteiger partial charge on any atom is 0.0780 e. The van der Waals surface area contributed by atoms with Gasteiger partial charge in [0, 0.05) is 22.7 Å². The number of aryl methyl sites for hydroxylation is 2. The lowest BCUT2D eigenvalue weighted by molar-refractivity contribution is 1.12. The van der Waals surface area contributed by atoms with Crippen LogP contribution in [0.3, 0.4) is 0 Å². The summed E-state index contributed by atoms with van der Waals surface area (Å²) in [7, 11) is 0. The van der Waals surface area contributed by atoms with Gasteiger partial charge in [-0.3, -0.25) is 10.1 Å². The average molecular weight is 299 g/mol. The van der Waals surface area contributed by atoms with Crippen molar-refractivity contribution < 1.29 is 0 Å². The van der Waals surface area contributed by atoms with E-state index in [-0.39, 0.29) is 0 Å². The van der Waals surface area contributed by atoms with Crippen LogP contribution in [0.4, 0.5) is 0 Å². The van der Waals surface area contributed by atoms with E-state index in [1.165, 1.54) is 16.7 Å². The van der Waals surface area contributed by atoms with Gasteiger partial charge < -0.3 is 0 Å². The van der Waals surface area contributed by atoms with Crippen LogP contribution in [0.15, 0.2) is 60.9 Å². The van der Waals surface area contributed by atoms with E-state index in [0.717, 1.165) is 27.7 Å². The Morgan fingerprint density at radius 2 is 1.83 bits per heavy atom. The molecular weight excluding hydrogens is 282 g/mol. The Hall–Kier alpha value is -2.94. The fourth-order valence-electron chi connectivity index (χ4n) is 3.03. The fraction of sp³-hybridized carbons (Fsp3) is 0.100. The Balaban J connectivity index is 1.96. The maximum atomic E-state index is 4.65. The number of pyridine rings is 1. The Kier molecular flexibility index (Phi) is 3.19. The number of hydrogen-bond acceptors (Lipinski definition) is 2. The van der Waals surface area contributed by atoms with Gasteiger partial charge in [-0.15, -0.1) is 0 Å². The highest BCUT2D eigenvalue weighted by Crippen LogP contribution is 2.34. The van der Waals surface area contributed by atoms with Crippen LogP contribution in [0, 0.1) is 13.8 Å². The molecule has 112 valence electrons. The summed E-state index contributed by atoms with van der Waals surface area (Å²) in [6, 6.07) is 16.9. The number of hydrogen-bond donors (Lipinski definition) is 1. The molecule has 0 aliphatic heterocycles. The van der Waals surface area contributed by atoms with Crippen molar-refractivity contribution in [3.8, 4) is 22.4 Å². The van der Waals surface area contributed by atoms with Gasteiger partial charge in [-0.2, -0.15) is 5.10 Å². The molecule has 0 aliphatic rings. The molecule has 1 N–H and O–H groups in total. The normalized spacial score (nSPS) is 11.0. The van der Waals surface area contributed by atoms with Crippen LogP contribution < -0.4 is 0 Å². The Bertz CT molecular complexity index is 999. The van der Waals surface area contributed by atoms with Crippen LogP contribution in [-0.2, 0) is 0 Å². The summed E-state index contributed by atoms with van der Waals surface area (Å²) in [6.07, 6.45) is 3.72. The van der Waals surface area contributed by atoms with Gasteiger partial charge in [-0.25, -0.2) is 0 Å². The second-order valence-electron chi connectivity index (χ2n) is 5.89. The van der Waals surface area contributed by atoms with Gasteiger partial charge in [-0.1, -0.05) is 29.8 Å². The summed E-state index contributed by atoms with van der Waals surface area (Å²) in [5.74, 6) is 0. The summed E-state index contributed by atoms with van der Waals surface area (Å²) >= 11 is 0. The third kappa shape index (κ3) is 2.40. The molecule has 2 heterocycles. The first kappa shape index (κ1) is 13.7. The van der Waals surface area contributed by atoms with Gasteiger partial charge in [0.15, 0.2) is 0 Å². The number of rotatable bonds is 2. The van der Waals surface area contributed by atoms with E-state index in [0.29, 0.717) is 0 Å². The lowest BCUT2D eigenvalue weighted by Gasteiger charge is -2.12. The van der Waals surface area contributed by atoms with Crippen LogP contribution in [-0.4, -0.2) is 15.2 Å². The summed E-state index contributed by atoms with van der Waals surface area (Å²) < 4.78 is 0. The molecule has 0 fully saturated rings. The number of H-pyrrole nitrogens is 1. The van der Waals surface area contributed by atoms with E-state index in [4.69, 9.17) is 0 Å². The van der Waals surface area contributed by atoms with E-state index in [2.05, 4.69) is 71.5 Å². The predicted molar refractivity (Wildman–Crippen MR) is 94.2 cm³/mol. The zero-order valence-electron chi connectivity index (χ0n) is 13.2. The predicted octanol–water partition coefficient (Wildman–Crippen LogP) is 4.91. The van der Waals surface area contributed by atoms with Crippen molar-refractivity contribution in [3.63, 3.8) is 0 Å². The van der Waals surface area contributed by atoms with Gasteiger partial charge in [-0.05, 0) is 49.2 Å². The summed E-state index contributed by atoms with van der Waals surface area (Å²) in [4.78, 5) is 4.65. The van der Waals surface area contributed by atoms with E-state index >= 15 is 0 Å². The number of nitrogens with one attached hydrogen (secondary N) is 1. The van der Waals surface area contributed by atoms with Crippen molar-refractivity contribution in [2.75, 3.05) is 0 Å². The van der Waals surface area contributed by atoms with Crippen LogP contribution >= 0.6 is 0 Å². The molecule has 3 nitrogen and oxygen atoms in total. The molecule has 4 aromatic rings. The first-order valence-electron chi connectivity index (χ1n) is 7.68. The first-order chi connectivity index (χ1) is 11.2. The van der Waals surface area contributed by atoms with Crippen molar-refractivity contribution in [1.29, 1.82) is 0 Å². The fourth-order valence-corrected chi connectivity index (χ4v) is 3.03. The minimum Gasteiger partial charge on any atom is -0.278 e. The maximum absolute atomic E-state index is 4.65. The summed E-state index contributed by atoms with van der Waals surface area (Å²) in [5, 5.41) is 8.27. The molecule has 2 aromatic heterocycles. The van der Waals surface area contributed by atoms with Gasteiger partial charge in [0.1, 0.15) is 0 Å². The average Bonchev–Trinajstić information content (AvgIpc) is 3.01. The Morgan fingerprint density at radius 3 is 2.70 bits per heavy atom. The molecule has 3 heteroatoms. The van der Waals surface area contributed by atoms with Crippen LogP contribution in [0.2, 0.25) is 0 Å². The topological polar surface area (TPSA) is 41.6 Å². The number of nitrogens with zero attached hydrogens (tertiary/aromatic N) is 2. The molecular formula is C20H17N3. The highest BCUT2D eigenvalue weighted by molar-refractivity contribution is 5.90. The number of aromatic amines is 1. The van der Waals surface area contributed by atoms with Gasteiger partial charge in [0.05, 0.1) is 17.4 Å². The Morgan fingerprint density at radius 1 is 0.913 bits per heavy atom. The highest BCUT2D eigenvalue weighted by Gasteiger charge is 2.12. The quantitative estimate of drug-likeness (QED) is 0.571. The number of aromatic nitrogens is 3. The zero-order valence-corrected chi connectivity index (χ0v) is 13.2. The highest BCUT2D eigenvalue weighted by atomic mass is 15.1. The smallest absolute Gasteiger partial charge is 0.0780 e.